The average Bonchev–Trinajstić information content (AvgIpc) is 2.29. The number of hydrogen-bond acceptors (Lipinski definition) is 3. The summed E-state index contributed by atoms with van der Waals surface area (Å²) in [6.45, 7) is 9.65. The van der Waals surface area contributed by atoms with E-state index in [9.17, 15) is 9.59 Å². The largest absolute Gasteiger partial charge is 0.444 e. The molecule has 2 amide bonds. The molecule has 1 aromatic rings. The summed E-state index contributed by atoms with van der Waals surface area (Å²) < 4.78 is 5.19. The van der Waals surface area contributed by atoms with E-state index < -0.39 is 11.7 Å². The number of aryl methyl sites for hydroxylation is 1. The van der Waals surface area contributed by atoms with E-state index >= 15 is 0 Å². The number of hydrogen-bond donors (Lipinski definition) is 2. The minimum Gasteiger partial charge on any atom is -0.444 e. The van der Waals surface area contributed by atoms with E-state index in [-0.39, 0.29) is 5.91 Å². The van der Waals surface area contributed by atoms with Gasteiger partial charge >= 0.3 is 6.09 Å². The lowest BCUT2D eigenvalue weighted by molar-refractivity contribution is 0.0635. The van der Waals surface area contributed by atoms with Crippen molar-refractivity contribution < 1.29 is 14.3 Å². The molecular weight excluding hydrogens is 256 g/mol. The first kappa shape index (κ1) is 16.0. The molecule has 5 nitrogen and oxygen atoms in total. The summed E-state index contributed by atoms with van der Waals surface area (Å²) in [7, 11) is 0. The van der Waals surface area contributed by atoms with Gasteiger partial charge in [-0.3, -0.25) is 10.1 Å². The van der Waals surface area contributed by atoms with Crippen LogP contribution in [-0.4, -0.2) is 24.1 Å². The van der Waals surface area contributed by atoms with E-state index in [1.165, 1.54) is 0 Å². The minimum absolute atomic E-state index is 0.167. The minimum atomic E-state index is -0.560. The van der Waals surface area contributed by atoms with Gasteiger partial charge in [0.15, 0.2) is 0 Å². The number of benzene rings is 1. The van der Waals surface area contributed by atoms with Crippen LogP contribution >= 0.6 is 0 Å². The number of amides is 2. The molecule has 0 unspecified atom stereocenters. The summed E-state index contributed by atoms with van der Waals surface area (Å²) in [6.07, 6.45) is -0.534. The number of ether oxygens (including phenoxy) is 1. The standard InChI is InChI=1S/C15H22N2O3/c1-6-16-13(18)11-8-7-10(2)12(9-11)17-14(19)20-15(3,4)5/h7-9H,6H2,1-5H3,(H,16,18)(H,17,19). The van der Waals surface area contributed by atoms with Gasteiger partial charge in [0.25, 0.3) is 5.91 Å². The van der Waals surface area contributed by atoms with Gasteiger partial charge in [0.05, 0.1) is 0 Å². The predicted molar refractivity (Wildman–Crippen MR) is 79.0 cm³/mol. The second-order valence-electron chi connectivity index (χ2n) is 5.52. The Bertz CT molecular complexity index is 504. The quantitative estimate of drug-likeness (QED) is 0.892. The average molecular weight is 278 g/mol. The fraction of sp³-hybridized carbons (Fsp3) is 0.467. The maximum atomic E-state index is 11.8. The molecule has 0 spiro atoms. The number of carbonyl (C=O) groups is 2. The van der Waals surface area contributed by atoms with E-state index in [2.05, 4.69) is 10.6 Å². The molecule has 0 aliphatic rings. The fourth-order valence-electron chi connectivity index (χ4n) is 1.57. The first-order valence-corrected chi connectivity index (χ1v) is 6.62. The topological polar surface area (TPSA) is 67.4 Å². The highest BCUT2D eigenvalue weighted by molar-refractivity contribution is 5.96. The molecule has 1 rings (SSSR count). The first-order chi connectivity index (χ1) is 9.23. The SMILES string of the molecule is CCNC(=O)c1ccc(C)c(NC(=O)OC(C)(C)C)c1. The van der Waals surface area contributed by atoms with Gasteiger partial charge in [0.2, 0.25) is 0 Å². The van der Waals surface area contributed by atoms with Gasteiger partial charge in [-0.1, -0.05) is 6.07 Å². The molecule has 110 valence electrons. The summed E-state index contributed by atoms with van der Waals surface area (Å²) in [6, 6.07) is 5.15. The van der Waals surface area contributed by atoms with Crippen LogP contribution in [0.5, 0.6) is 0 Å². The Labute approximate surface area is 119 Å². The highest BCUT2D eigenvalue weighted by Gasteiger charge is 2.17. The van der Waals surface area contributed by atoms with Gasteiger partial charge in [-0.2, -0.15) is 0 Å². The molecule has 0 fully saturated rings. The van der Waals surface area contributed by atoms with E-state index in [1.54, 1.807) is 39.0 Å². The van der Waals surface area contributed by atoms with Gasteiger partial charge in [-0.25, -0.2) is 4.79 Å². The third-order valence-electron chi connectivity index (χ3n) is 2.47. The molecule has 2 N–H and O–H groups in total. The number of carbonyl (C=O) groups excluding carboxylic acids is 2. The van der Waals surface area contributed by atoms with Crippen molar-refractivity contribution in [3.8, 4) is 0 Å². The van der Waals surface area contributed by atoms with Crippen molar-refractivity contribution in [2.24, 2.45) is 0 Å². The molecule has 0 atom stereocenters. The lowest BCUT2D eigenvalue weighted by Gasteiger charge is -2.20. The van der Waals surface area contributed by atoms with E-state index in [1.807, 2.05) is 13.8 Å². The Morgan fingerprint density at radius 3 is 2.45 bits per heavy atom. The van der Waals surface area contributed by atoms with Crippen LogP contribution < -0.4 is 10.6 Å². The smallest absolute Gasteiger partial charge is 0.412 e. The molecule has 0 bridgehead atoms. The normalized spacial score (nSPS) is 10.8. The summed E-state index contributed by atoms with van der Waals surface area (Å²) in [5.74, 6) is -0.167. The molecule has 20 heavy (non-hydrogen) atoms. The van der Waals surface area contributed by atoms with Crippen LogP contribution in [0.2, 0.25) is 0 Å². The first-order valence-electron chi connectivity index (χ1n) is 6.62. The zero-order chi connectivity index (χ0) is 15.3. The molecule has 0 saturated carbocycles. The highest BCUT2D eigenvalue weighted by atomic mass is 16.6. The summed E-state index contributed by atoms with van der Waals surface area (Å²) in [5.41, 5.74) is 1.38. The zero-order valence-electron chi connectivity index (χ0n) is 12.7. The third kappa shape index (κ3) is 4.91. The van der Waals surface area contributed by atoms with Crippen molar-refractivity contribution in [2.45, 2.75) is 40.2 Å². The molecule has 1 aromatic carbocycles. The molecule has 0 aliphatic carbocycles. The maximum Gasteiger partial charge on any atom is 0.412 e. The van der Waals surface area contributed by atoms with Crippen molar-refractivity contribution in [2.75, 3.05) is 11.9 Å². The molecule has 0 saturated heterocycles. The molecule has 5 heteroatoms. The second-order valence-corrected chi connectivity index (χ2v) is 5.52. The van der Waals surface area contributed by atoms with Crippen molar-refractivity contribution >= 4 is 17.7 Å². The van der Waals surface area contributed by atoms with Crippen molar-refractivity contribution in [3.05, 3.63) is 29.3 Å². The van der Waals surface area contributed by atoms with Crippen molar-refractivity contribution in [1.29, 1.82) is 0 Å². The Hall–Kier alpha value is -2.04. The van der Waals surface area contributed by atoms with Crippen molar-refractivity contribution in [1.82, 2.24) is 5.32 Å². The van der Waals surface area contributed by atoms with Crippen LogP contribution in [0.15, 0.2) is 18.2 Å². The molecule has 0 aliphatic heterocycles. The Balaban J connectivity index is 2.87. The van der Waals surface area contributed by atoms with Crippen LogP contribution in [0.4, 0.5) is 10.5 Å². The molecule has 0 aromatic heterocycles. The summed E-state index contributed by atoms with van der Waals surface area (Å²) in [4.78, 5) is 23.5. The third-order valence-corrected chi connectivity index (χ3v) is 2.47. The van der Waals surface area contributed by atoms with E-state index in [0.29, 0.717) is 17.8 Å². The lowest BCUT2D eigenvalue weighted by Crippen LogP contribution is -2.27. The van der Waals surface area contributed by atoms with Crippen LogP contribution in [0, 0.1) is 6.92 Å². The van der Waals surface area contributed by atoms with E-state index in [4.69, 9.17) is 4.74 Å². The van der Waals surface area contributed by atoms with Gasteiger partial charge in [-0.05, 0) is 52.3 Å². The predicted octanol–water partition coefficient (Wildman–Crippen LogP) is 3.09. The van der Waals surface area contributed by atoms with Crippen LogP contribution in [-0.2, 0) is 4.74 Å². The van der Waals surface area contributed by atoms with Crippen molar-refractivity contribution in [3.63, 3.8) is 0 Å². The zero-order valence-corrected chi connectivity index (χ0v) is 12.7. The van der Waals surface area contributed by atoms with Gasteiger partial charge in [0.1, 0.15) is 5.60 Å². The monoisotopic (exact) mass is 278 g/mol. The summed E-state index contributed by atoms with van der Waals surface area (Å²) in [5, 5.41) is 5.38. The summed E-state index contributed by atoms with van der Waals surface area (Å²) >= 11 is 0. The highest BCUT2D eigenvalue weighted by Crippen LogP contribution is 2.18. The van der Waals surface area contributed by atoms with Gasteiger partial charge < -0.3 is 10.1 Å². The lowest BCUT2D eigenvalue weighted by atomic mass is 10.1. The van der Waals surface area contributed by atoms with Gasteiger partial charge in [0, 0.05) is 17.8 Å². The number of rotatable bonds is 3. The van der Waals surface area contributed by atoms with Crippen LogP contribution in [0.25, 0.3) is 0 Å². The molecular formula is C15H22N2O3. The maximum absolute atomic E-state index is 11.8. The molecule has 0 heterocycles. The Morgan fingerprint density at radius 1 is 1.25 bits per heavy atom. The van der Waals surface area contributed by atoms with Gasteiger partial charge in [-0.15, -0.1) is 0 Å². The Kier molecular flexibility index (Phi) is 5.13. The Morgan fingerprint density at radius 2 is 1.90 bits per heavy atom. The van der Waals surface area contributed by atoms with E-state index in [0.717, 1.165) is 5.56 Å². The second kappa shape index (κ2) is 6.41. The fourth-order valence-corrected chi connectivity index (χ4v) is 1.57. The number of nitrogens with one attached hydrogen (secondary N) is 2. The van der Waals surface area contributed by atoms with Crippen LogP contribution in [0.3, 0.4) is 0 Å². The number of anilines is 1. The molecule has 0 radical (unpaired) electrons. The van der Waals surface area contributed by atoms with Crippen LogP contribution in [0.1, 0.15) is 43.6 Å².